The standard InChI is InChI=1S/C15H12I3NO3S/c1-8-3-4-13(9(2)5-8)23(21,22)19-15(20)11-6-10(16)7-12(17)14(11)18/h3-7H,1-2H3,(H,19,20)/p-1. The first-order valence-electron chi connectivity index (χ1n) is 6.36. The van der Waals surface area contributed by atoms with Gasteiger partial charge in [-0.05, 0) is 105 Å². The maximum Gasteiger partial charge on any atom is 0.281 e. The molecule has 0 saturated carbocycles. The summed E-state index contributed by atoms with van der Waals surface area (Å²) in [6.45, 7) is 3.57. The van der Waals surface area contributed by atoms with E-state index < -0.39 is 15.9 Å². The van der Waals surface area contributed by atoms with Crippen LogP contribution in [0, 0.1) is 24.6 Å². The van der Waals surface area contributed by atoms with E-state index in [0.29, 0.717) is 14.7 Å². The normalized spacial score (nSPS) is 12.5. The van der Waals surface area contributed by atoms with Gasteiger partial charge in [0.25, 0.3) is 10.0 Å². The van der Waals surface area contributed by atoms with Crippen molar-refractivity contribution in [3.05, 3.63) is 57.7 Å². The highest BCUT2D eigenvalue weighted by molar-refractivity contribution is 14.1. The van der Waals surface area contributed by atoms with Crippen LogP contribution in [0.4, 0.5) is 0 Å². The van der Waals surface area contributed by atoms with Crippen LogP contribution in [-0.4, -0.2) is 14.3 Å². The average molecular weight is 666 g/mol. The Morgan fingerprint density at radius 3 is 2.35 bits per heavy atom. The topological polar surface area (TPSA) is 69.6 Å². The van der Waals surface area contributed by atoms with E-state index in [0.717, 1.165) is 12.7 Å². The summed E-state index contributed by atoms with van der Waals surface area (Å²) in [6, 6.07) is 8.50. The minimum absolute atomic E-state index is 0.0618. The summed E-state index contributed by atoms with van der Waals surface area (Å²) in [6.07, 6.45) is 0. The van der Waals surface area contributed by atoms with Crippen LogP contribution in [0.2, 0.25) is 0 Å². The third-order valence-electron chi connectivity index (χ3n) is 3.03. The van der Waals surface area contributed by atoms with Crippen molar-refractivity contribution in [2.75, 3.05) is 0 Å². The van der Waals surface area contributed by atoms with Crippen molar-refractivity contribution >= 4 is 83.7 Å². The Kier molecular flexibility index (Phi) is 6.33. The highest BCUT2D eigenvalue weighted by atomic mass is 127. The molecule has 0 radical (unpaired) electrons. The molecule has 0 aromatic heterocycles. The van der Waals surface area contributed by atoms with Gasteiger partial charge >= 0.3 is 0 Å². The molecular weight excluding hydrogens is 655 g/mol. The predicted molar refractivity (Wildman–Crippen MR) is 114 cm³/mol. The Hall–Kier alpha value is 0.0500. The summed E-state index contributed by atoms with van der Waals surface area (Å²) in [4.78, 5) is 0.0618. The van der Waals surface area contributed by atoms with Crippen LogP contribution in [0.15, 0.2) is 39.6 Å². The number of nitrogens with zero attached hydrogens (tertiary/aromatic N) is 1. The van der Waals surface area contributed by atoms with Crippen LogP contribution in [0.3, 0.4) is 0 Å². The highest BCUT2D eigenvalue weighted by Crippen LogP contribution is 2.24. The average Bonchev–Trinajstić information content (AvgIpc) is 2.41. The number of halogens is 3. The lowest BCUT2D eigenvalue weighted by molar-refractivity contribution is -0.212. The van der Waals surface area contributed by atoms with Crippen LogP contribution in [0.1, 0.15) is 16.7 Å². The maximum absolute atomic E-state index is 12.4. The van der Waals surface area contributed by atoms with E-state index in [1.165, 1.54) is 6.07 Å². The number of hydrogen-bond donors (Lipinski definition) is 0. The molecule has 0 fully saturated rings. The molecule has 8 heteroatoms. The van der Waals surface area contributed by atoms with Crippen molar-refractivity contribution in [3.63, 3.8) is 0 Å². The molecule has 0 aliphatic rings. The molecule has 122 valence electrons. The fraction of sp³-hybridized carbons (Fsp3) is 0.133. The zero-order chi connectivity index (χ0) is 17.4. The van der Waals surface area contributed by atoms with Crippen LogP contribution >= 0.6 is 67.8 Å². The quantitative estimate of drug-likeness (QED) is 0.218. The summed E-state index contributed by atoms with van der Waals surface area (Å²) < 4.78 is 30.8. The van der Waals surface area contributed by atoms with Crippen LogP contribution < -0.4 is 5.11 Å². The molecule has 0 heterocycles. The van der Waals surface area contributed by atoms with E-state index in [1.54, 1.807) is 25.1 Å². The van der Waals surface area contributed by atoms with Crippen molar-refractivity contribution in [3.8, 4) is 0 Å². The minimum atomic E-state index is -4.03. The Morgan fingerprint density at radius 1 is 1.09 bits per heavy atom. The van der Waals surface area contributed by atoms with Crippen LogP contribution in [0.5, 0.6) is 0 Å². The lowest BCUT2D eigenvalue weighted by Gasteiger charge is -2.15. The Morgan fingerprint density at radius 2 is 1.74 bits per heavy atom. The Balaban J connectivity index is 2.56. The molecule has 0 saturated heterocycles. The smallest absolute Gasteiger partial charge is 0.281 e. The van der Waals surface area contributed by atoms with Gasteiger partial charge in [0.05, 0.1) is 4.90 Å². The number of rotatable bonds is 3. The first-order chi connectivity index (χ1) is 10.6. The first-order valence-corrected chi connectivity index (χ1v) is 11.0. The number of sulfonamides is 1. The summed E-state index contributed by atoms with van der Waals surface area (Å²) >= 11 is 6.23. The first kappa shape index (κ1) is 19.4. The second-order valence-electron chi connectivity index (χ2n) is 4.89. The van der Waals surface area contributed by atoms with E-state index >= 15 is 0 Å². The van der Waals surface area contributed by atoms with Crippen molar-refractivity contribution in [2.24, 2.45) is 4.40 Å². The number of aryl methyl sites for hydroxylation is 2. The lowest BCUT2D eigenvalue weighted by atomic mass is 10.2. The summed E-state index contributed by atoms with van der Waals surface area (Å²) in [5, 5.41) is 12.4. The SMILES string of the molecule is Cc1ccc(S(=O)(=O)/N=C(\[O-])c2cc(I)cc(I)c2I)c(C)c1. The number of hydrogen-bond acceptors (Lipinski definition) is 3. The third kappa shape index (κ3) is 4.57. The van der Waals surface area contributed by atoms with E-state index in [-0.39, 0.29) is 4.90 Å². The van der Waals surface area contributed by atoms with Gasteiger partial charge in [0.15, 0.2) is 0 Å². The maximum atomic E-state index is 12.4. The van der Waals surface area contributed by atoms with Crippen molar-refractivity contribution < 1.29 is 13.5 Å². The fourth-order valence-electron chi connectivity index (χ4n) is 2.01. The van der Waals surface area contributed by atoms with Gasteiger partial charge in [0, 0.05) is 22.2 Å². The van der Waals surface area contributed by atoms with Gasteiger partial charge in [-0.25, -0.2) is 0 Å². The third-order valence-corrected chi connectivity index (χ3v) is 8.12. The lowest BCUT2D eigenvalue weighted by Crippen LogP contribution is -2.23. The molecular formula is C15H11I3NO3S-. The second-order valence-corrected chi connectivity index (χ2v) is 9.95. The summed E-state index contributed by atoms with van der Waals surface area (Å²) in [7, 11) is -4.03. The second kappa shape index (κ2) is 7.52. The van der Waals surface area contributed by atoms with Gasteiger partial charge in [-0.2, -0.15) is 12.8 Å². The van der Waals surface area contributed by atoms with Crippen molar-refractivity contribution in [1.29, 1.82) is 0 Å². The molecule has 23 heavy (non-hydrogen) atoms. The largest absolute Gasteiger partial charge is 0.858 e. The molecule has 0 aliphatic carbocycles. The molecule has 0 N–H and O–H groups in total. The van der Waals surface area contributed by atoms with Gasteiger partial charge in [-0.3, -0.25) is 0 Å². The van der Waals surface area contributed by atoms with Gasteiger partial charge < -0.3 is 5.11 Å². The van der Waals surface area contributed by atoms with Gasteiger partial charge in [0.2, 0.25) is 0 Å². The highest BCUT2D eigenvalue weighted by Gasteiger charge is 2.16. The molecule has 0 atom stereocenters. The molecule has 4 nitrogen and oxygen atoms in total. The molecule has 0 unspecified atom stereocenters. The minimum Gasteiger partial charge on any atom is -0.858 e. The van der Waals surface area contributed by atoms with Gasteiger partial charge in [-0.1, -0.05) is 17.7 Å². The van der Waals surface area contributed by atoms with Crippen molar-refractivity contribution in [2.45, 2.75) is 18.7 Å². The van der Waals surface area contributed by atoms with E-state index in [2.05, 4.69) is 49.6 Å². The Labute approximate surface area is 176 Å². The van der Waals surface area contributed by atoms with E-state index in [1.807, 2.05) is 35.6 Å². The number of benzene rings is 2. The van der Waals surface area contributed by atoms with Gasteiger partial charge in [-0.15, -0.1) is 0 Å². The molecule has 2 rings (SSSR count). The fourth-order valence-corrected chi connectivity index (χ4v) is 5.52. The van der Waals surface area contributed by atoms with Gasteiger partial charge in [0.1, 0.15) is 0 Å². The molecule has 2 aromatic carbocycles. The molecule has 0 aliphatic heterocycles. The van der Waals surface area contributed by atoms with Crippen LogP contribution in [0.25, 0.3) is 0 Å². The van der Waals surface area contributed by atoms with E-state index in [4.69, 9.17) is 0 Å². The van der Waals surface area contributed by atoms with E-state index in [9.17, 15) is 13.5 Å². The Bertz CT molecular complexity index is 908. The molecule has 0 spiro atoms. The van der Waals surface area contributed by atoms with Crippen molar-refractivity contribution in [1.82, 2.24) is 0 Å². The zero-order valence-corrected chi connectivity index (χ0v) is 19.4. The molecule has 2 aromatic rings. The predicted octanol–water partition coefficient (Wildman–Crippen LogP) is 3.61. The summed E-state index contributed by atoms with van der Waals surface area (Å²) in [5.41, 5.74) is 1.83. The molecule has 0 bridgehead atoms. The molecule has 0 amide bonds. The summed E-state index contributed by atoms with van der Waals surface area (Å²) in [5.74, 6) is -0.745. The van der Waals surface area contributed by atoms with Crippen LogP contribution in [-0.2, 0) is 10.0 Å². The zero-order valence-electron chi connectivity index (χ0n) is 12.1. The monoisotopic (exact) mass is 666 g/mol.